The van der Waals surface area contributed by atoms with Crippen molar-refractivity contribution in [1.82, 2.24) is 0 Å². The fourth-order valence-electron chi connectivity index (χ4n) is 1.67. The molecule has 3 nitrogen and oxygen atoms in total. The Morgan fingerprint density at radius 1 is 1.24 bits per heavy atom. The lowest BCUT2D eigenvalue weighted by Gasteiger charge is -2.40. The van der Waals surface area contributed by atoms with Gasteiger partial charge in [0.05, 0.1) is 13.1 Å². The number of nitrogens with zero attached hydrogens (tertiary/aromatic N) is 1. The van der Waals surface area contributed by atoms with Crippen LogP contribution in [0.15, 0.2) is 12.1 Å². The van der Waals surface area contributed by atoms with E-state index in [2.05, 4.69) is 0 Å². The SMILES string of the molecule is NC(=O)c1c(F)cc(N2CC(F)(F)C2)cc1F. The first kappa shape index (κ1) is 11.7. The molecule has 0 aromatic heterocycles. The summed E-state index contributed by atoms with van der Waals surface area (Å²) in [5.41, 5.74) is 3.89. The van der Waals surface area contributed by atoms with Crippen LogP contribution in [0.2, 0.25) is 0 Å². The van der Waals surface area contributed by atoms with Gasteiger partial charge in [-0.25, -0.2) is 17.6 Å². The zero-order valence-electron chi connectivity index (χ0n) is 8.51. The Morgan fingerprint density at radius 2 is 1.71 bits per heavy atom. The number of benzene rings is 1. The highest BCUT2D eigenvalue weighted by molar-refractivity contribution is 5.93. The Kier molecular flexibility index (Phi) is 2.48. The smallest absolute Gasteiger partial charge is 0.282 e. The van der Waals surface area contributed by atoms with Gasteiger partial charge >= 0.3 is 0 Å². The molecule has 1 amide bonds. The van der Waals surface area contributed by atoms with Crippen molar-refractivity contribution >= 4 is 11.6 Å². The van der Waals surface area contributed by atoms with Crippen molar-refractivity contribution in [3.05, 3.63) is 29.3 Å². The molecule has 1 saturated heterocycles. The quantitative estimate of drug-likeness (QED) is 0.806. The minimum atomic E-state index is -2.84. The third-order valence-electron chi connectivity index (χ3n) is 2.48. The van der Waals surface area contributed by atoms with Crippen LogP contribution in [-0.2, 0) is 0 Å². The zero-order chi connectivity index (χ0) is 12.8. The summed E-state index contributed by atoms with van der Waals surface area (Å²) in [4.78, 5) is 11.8. The van der Waals surface area contributed by atoms with Gasteiger partial charge in [0.2, 0.25) is 0 Å². The van der Waals surface area contributed by atoms with Crippen LogP contribution >= 0.6 is 0 Å². The van der Waals surface area contributed by atoms with Gasteiger partial charge in [-0.15, -0.1) is 0 Å². The Morgan fingerprint density at radius 3 is 2.06 bits per heavy atom. The predicted octanol–water partition coefficient (Wildman–Crippen LogP) is 1.52. The van der Waals surface area contributed by atoms with Crippen molar-refractivity contribution in [3.63, 3.8) is 0 Å². The Hall–Kier alpha value is -1.79. The Balaban J connectivity index is 2.31. The molecular formula is C10H8F4N2O. The molecule has 0 radical (unpaired) electrons. The van der Waals surface area contributed by atoms with E-state index in [0.29, 0.717) is 0 Å². The van der Waals surface area contributed by atoms with Crippen molar-refractivity contribution < 1.29 is 22.4 Å². The molecule has 1 aromatic carbocycles. The lowest BCUT2D eigenvalue weighted by Crippen LogP contribution is -2.56. The van der Waals surface area contributed by atoms with Crippen molar-refractivity contribution in [2.24, 2.45) is 5.73 Å². The van der Waals surface area contributed by atoms with Crippen molar-refractivity contribution in [2.45, 2.75) is 5.92 Å². The van der Waals surface area contributed by atoms with Crippen LogP contribution in [0.4, 0.5) is 23.2 Å². The molecule has 1 fully saturated rings. The summed E-state index contributed by atoms with van der Waals surface area (Å²) < 4.78 is 51.8. The van der Waals surface area contributed by atoms with Crippen molar-refractivity contribution in [3.8, 4) is 0 Å². The fraction of sp³-hybridized carbons (Fsp3) is 0.300. The lowest BCUT2D eigenvalue weighted by molar-refractivity contribution is -0.0263. The summed E-state index contributed by atoms with van der Waals surface area (Å²) in [6.45, 7) is -1.19. The monoisotopic (exact) mass is 248 g/mol. The number of hydrogen-bond acceptors (Lipinski definition) is 2. The van der Waals surface area contributed by atoms with Crippen LogP contribution in [0.25, 0.3) is 0 Å². The van der Waals surface area contributed by atoms with Gasteiger partial charge in [0.1, 0.15) is 17.2 Å². The van der Waals surface area contributed by atoms with Gasteiger partial charge in [-0.05, 0) is 12.1 Å². The summed E-state index contributed by atoms with van der Waals surface area (Å²) in [5.74, 6) is -6.37. The second-order valence-corrected chi connectivity index (χ2v) is 3.86. The number of amides is 1. The minimum Gasteiger partial charge on any atom is -0.365 e. The molecule has 1 aliphatic rings. The Bertz CT molecular complexity index is 458. The lowest BCUT2D eigenvalue weighted by atomic mass is 10.1. The highest BCUT2D eigenvalue weighted by Crippen LogP contribution is 2.33. The van der Waals surface area contributed by atoms with E-state index in [1.54, 1.807) is 0 Å². The first-order valence-corrected chi connectivity index (χ1v) is 4.72. The van der Waals surface area contributed by atoms with Gasteiger partial charge in [0.25, 0.3) is 11.8 Å². The molecule has 1 aliphatic heterocycles. The van der Waals surface area contributed by atoms with Crippen LogP contribution in [0.1, 0.15) is 10.4 Å². The highest BCUT2D eigenvalue weighted by atomic mass is 19.3. The standard InChI is InChI=1S/C10H8F4N2O/c11-6-1-5(16-3-10(13,14)4-16)2-7(12)8(6)9(15)17/h1-2H,3-4H2,(H2,15,17). The second-order valence-electron chi connectivity index (χ2n) is 3.86. The average molecular weight is 248 g/mol. The van der Waals surface area contributed by atoms with Gasteiger partial charge in [0, 0.05) is 5.69 Å². The zero-order valence-corrected chi connectivity index (χ0v) is 8.51. The number of carbonyl (C=O) groups is 1. The summed E-state index contributed by atoms with van der Waals surface area (Å²) in [6, 6.07) is 1.64. The van der Waals surface area contributed by atoms with E-state index in [1.165, 1.54) is 0 Å². The topological polar surface area (TPSA) is 46.3 Å². The van der Waals surface area contributed by atoms with E-state index in [1.807, 2.05) is 0 Å². The largest absolute Gasteiger partial charge is 0.365 e. The summed E-state index contributed by atoms with van der Waals surface area (Å²) >= 11 is 0. The fourth-order valence-corrected chi connectivity index (χ4v) is 1.67. The van der Waals surface area contributed by atoms with Crippen LogP contribution < -0.4 is 10.6 Å². The van der Waals surface area contributed by atoms with E-state index >= 15 is 0 Å². The molecule has 0 saturated carbocycles. The maximum atomic E-state index is 13.3. The van der Waals surface area contributed by atoms with Crippen LogP contribution in [-0.4, -0.2) is 24.9 Å². The molecule has 7 heteroatoms. The van der Waals surface area contributed by atoms with Crippen molar-refractivity contribution in [2.75, 3.05) is 18.0 Å². The molecular weight excluding hydrogens is 240 g/mol. The van der Waals surface area contributed by atoms with Crippen LogP contribution in [0, 0.1) is 11.6 Å². The van der Waals surface area contributed by atoms with E-state index in [9.17, 15) is 22.4 Å². The molecule has 1 aromatic rings. The van der Waals surface area contributed by atoms with Gasteiger partial charge < -0.3 is 10.6 Å². The number of halogens is 4. The van der Waals surface area contributed by atoms with Gasteiger partial charge in [-0.1, -0.05) is 0 Å². The van der Waals surface area contributed by atoms with E-state index in [0.717, 1.165) is 17.0 Å². The second kappa shape index (κ2) is 3.61. The molecule has 0 spiro atoms. The number of nitrogens with two attached hydrogens (primary N) is 1. The molecule has 17 heavy (non-hydrogen) atoms. The number of anilines is 1. The molecule has 92 valence electrons. The maximum Gasteiger partial charge on any atom is 0.282 e. The van der Waals surface area contributed by atoms with E-state index < -0.39 is 42.1 Å². The Labute approximate surface area is 93.8 Å². The number of rotatable bonds is 2. The summed E-state index contributed by atoms with van der Waals surface area (Å²) in [7, 11) is 0. The highest BCUT2D eigenvalue weighted by Gasteiger charge is 2.44. The van der Waals surface area contributed by atoms with Gasteiger partial charge in [-0.2, -0.15) is 0 Å². The van der Waals surface area contributed by atoms with E-state index in [4.69, 9.17) is 5.73 Å². The molecule has 0 bridgehead atoms. The third kappa shape index (κ3) is 2.04. The number of hydrogen-bond donors (Lipinski definition) is 1. The summed E-state index contributed by atoms with van der Waals surface area (Å²) in [6.07, 6.45) is 0. The molecule has 1 heterocycles. The maximum absolute atomic E-state index is 13.3. The third-order valence-corrected chi connectivity index (χ3v) is 2.48. The normalized spacial score (nSPS) is 17.8. The van der Waals surface area contributed by atoms with Gasteiger partial charge in [-0.3, -0.25) is 4.79 Å². The van der Waals surface area contributed by atoms with Crippen molar-refractivity contribution in [1.29, 1.82) is 0 Å². The molecule has 0 unspecified atom stereocenters. The number of alkyl halides is 2. The number of carbonyl (C=O) groups excluding carboxylic acids is 1. The van der Waals surface area contributed by atoms with Gasteiger partial charge in [0.15, 0.2) is 0 Å². The molecule has 0 atom stereocenters. The molecule has 0 aliphatic carbocycles. The summed E-state index contributed by atoms with van der Waals surface area (Å²) in [5, 5.41) is 0. The van der Waals surface area contributed by atoms with Crippen LogP contribution in [0.3, 0.4) is 0 Å². The first-order valence-electron chi connectivity index (χ1n) is 4.72. The number of primary amides is 1. The first-order chi connectivity index (χ1) is 7.80. The van der Waals surface area contributed by atoms with Crippen LogP contribution in [0.5, 0.6) is 0 Å². The predicted molar refractivity (Wildman–Crippen MR) is 52.0 cm³/mol. The average Bonchev–Trinajstić information content (AvgIpc) is 2.11. The molecule has 2 rings (SSSR count). The minimum absolute atomic E-state index is 0.0316. The molecule has 2 N–H and O–H groups in total. The van der Waals surface area contributed by atoms with E-state index in [-0.39, 0.29) is 5.69 Å².